The minimum Gasteiger partial charge on any atom is -0.348 e. The number of halogens is 1. The van der Waals surface area contributed by atoms with Crippen LogP contribution >= 0.6 is 15.9 Å². The highest BCUT2D eigenvalue weighted by Gasteiger charge is 2.11. The van der Waals surface area contributed by atoms with Gasteiger partial charge in [0.05, 0.1) is 17.9 Å². The van der Waals surface area contributed by atoms with Crippen LogP contribution in [0, 0.1) is 0 Å². The minimum atomic E-state index is -0.249. The molecule has 1 aromatic carbocycles. The van der Waals surface area contributed by atoms with Crippen LogP contribution in [0.5, 0.6) is 0 Å². The van der Waals surface area contributed by atoms with E-state index in [0.717, 1.165) is 4.47 Å². The molecule has 0 aliphatic heterocycles. The first kappa shape index (κ1) is 17.0. The maximum atomic E-state index is 12.3. The fraction of sp³-hybridized carbons (Fsp3) is 0.118. The lowest BCUT2D eigenvalue weighted by Gasteiger charge is -2.11. The van der Waals surface area contributed by atoms with Gasteiger partial charge in [0.1, 0.15) is 6.33 Å². The first-order chi connectivity index (χ1) is 12.0. The lowest BCUT2D eigenvalue weighted by molar-refractivity contribution is 0.101. The number of anilines is 1. The van der Waals surface area contributed by atoms with Crippen molar-refractivity contribution in [3.8, 4) is 11.4 Å². The zero-order valence-corrected chi connectivity index (χ0v) is 14.9. The van der Waals surface area contributed by atoms with Crippen molar-refractivity contribution >= 4 is 27.7 Å². The van der Waals surface area contributed by atoms with Crippen molar-refractivity contribution in [3.05, 3.63) is 69.3 Å². The second-order valence-corrected chi connectivity index (χ2v) is 6.16. The molecular formula is C17H14BrN5O2. The molecule has 126 valence electrons. The third kappa shape index (κ3) is 3.97. The molecule has 2 heterocycles. The van der Waals surface area contributed by atoms with E-state index >= 15 is 0 Å². The Morgan fingerprint density at radius 1 is 1.24 bits per heavy atom. The second-order valence-electron chi connectivity index (χ2n) is 5.24. The lowest BCUT2D eigenvalue weighted by atomic mass is 10.1. The quantitative estimate of drug-likeness (QED) is 0.661. The predicted molar refractivity (Wildman–Crippen MR) is 97.5 cm³/mol. The van der Waals surface area contributed by atoms with E-state index in [1.165, 1.54) is 17.0 Å². The first-order valence-corrected chi connectivity index (χ1v) is 8.21. The molecule has 0 aliphatic carbocycles. The predicted octanol–water partition coefficient (Wildman–Crippen LogP) is 2.29. The van der Waals surface area contributed by atoms with Crippen molar-refractivity contribution in [1.29, 1.82) is 0 Å². The SMILES string of the molecule is Cn1c(NCC(=O)c2cccc(Br)c2)nc(-c2ccncn2)cc1=O. The average Bonchev–Trinajstić information content (AvgIpc) is 2.63. The molecule has 3 rings (SSSR count). The number of nitrogens with zero attached hydrogens (tertiary/aromatic N) is 4. The fourth-order valence-corrected chi connectivity index (χ4v) is 2.59. The Labute approximate surface area is 151 Å². The van der Waals surface area contributed by atoms with Gasteiger partial charge in [-0.05, 0) is 18.2 Å². The van der Waals surface area contributed by atoms with E-state index in [4.69, 9.17) is 0 Å². The summed E-state index contributed by atoms with van der Waals surface area (Å²) in [6, 6.07) is 10.2. The highest BCUT2D eigenvalue weighted by Crippen LogP contribution is 2.14. The maximum absolute atomic E-state index is 12.3. The smallest absolute Gasteiger partial charge is 0.255 e. The van der Waals surface area contributed by atoms with Crippen LogP contribution in [0.1, 0.15) is 10.4 Å². The normalized spacial score (nSPS) is 10.5. The van der Waals surface area contributed by atoms with Gasteiger partial charge in [0.2, 0.25) is 5.95 Å². The van der Waals surface area contributed by atoms with Crippen LogP contribution < -0.4 is 10.9 Å². The lowest BCUT2D eigenvalue weighted by Crippen LogP contribution is -2.24. The van der Waals surface area contributed by atoms with Crippen LogP contribution in [0.25, 0.3) is 11.4 Å². The fourth-order valence-electron chi connectivity index (χ4n) is 2.19. The van der Waals surface area contributed by atoms with E-state index in [0.29, 0.717) is 22.9 Å². The van der Waals surface area contributed by atoms with Gasteiger partial charge in [0.25, 0.3) is 5.56 Å². The molecule has 3 aromatic rings. The zero-order chi connectivity index (χ0) is 17.8. The molecule has 8 heteroatoms. The third-order valence-corrected chi connectivity index (χ3v) is 4.03. The Bertz CT molecular complexity index is 972. The van der Waals surface area contributed by atoms with Crippen LogP contribution in [0.4, 0.5) is 5.95 Å². The molecule has 0 amide bonds. The summed E-state index contributed by atoms with van der Waals surface area (Å²) in [5.74, 6) is 0.187. The molecular weight excluding hydrogens is 386 g/mol. The molecule has 0 bridgehead atoms. The molecule has 0 unspecified atom stereocenters. The van der Waals surface area contributed by atoms with E-state index in [9.17, 15) is 9.59 Å². The summed E-state index contributed by atoms with van der Waals surface area (Å²) in [6.07, 6.45) is 2.96. The van der Waals surface area contributed by atoms with E-state index in [2.05, 4.69) is 36.2 Å². The van der Waals surface area contributed by atoms with Crippen molar-refractivity contribution < 1.29 is 4.79 Å². The number of carbonyl (C=O) groups is 1. The van der Waals surface area contributed by atoms with Gasteiger partial charge in [0.15, 0.2) is 5.78 Å². The molecule has 0 atom stereocenters. The number of benzene rings is 1. The van der Waals surface area contributed by atoms with Gasteiger partial charge in [-0.15, -0.1) is 0 Å². The summed E-state index contributed by atoms with van der Waals surface area (Å²) in [5, 5.41) is 2.93. The highest BCUT2D eigenvalue weighted by atomic mass is 79.9. The highest BCUT2D eigenvalue weighted by molar-refractivity contribution is 9.10. The second kappa shape index (κ2) is 7.35. The number of hydrogen-bond donors (Lipinski definition) is 1. The van der Waals surface area contributed by atoms with E-state index in [-0.39, 0.29) is 17.9 Å². The Balaban J connectivity index is 1.84. The largest absolute Gasteiger partial charge is 0.348 e. The summed E-state index contributed by atoms with van der Waals surface area (Å²) in [5.41, 5.74) is 1.27. The summed E-state index contributed by atoms with van der Waals surface area (Å²) in [6.45, 7) is 0.0178. The summed E-state index contributed by atoms with van der Waals surface area (Å²) in [4.78, 5) is 36.8. The Hall–Kier alpha value is -2.87. The average molecular weight is 400 g/mol. The summed E-state index contributed by atoms with van der Waals surface area (Å²) >= 11 is 3.34. The molecule has 1 N–H and O–H groups in total. The van der Waals surface area contributed by atoms with E-state index in [1.807, 2.05) is 6.07 Å². The Morgan fingerprint density at radius 2 is 2.08 bits per heavy atom. The number of hydrogen-bond acceptors (Lipinski definition) is 6. The van der Waals surface area contributed by atoms with Crippen LogP contribution in [-0.2, 0) is 7.05 Å². The number of rotatable bonds is 5. The monoisotopic (exact) mass is 399 g/mol. The summed E-state index contributed by atoms with van der Waals surface area (Å²) < 4.78 is 2.17. The van der Waals surface area contributed by atoms with Crippen molar-refractivity contribution in [2.45, 2.75) is 0 Å². The topological polar surface area (TPSA) is 89.8 Å². The van der Waals surface area contributed by atoms with Crippen molar-refractivity contribution in [2.75, 3.05) is 11.9 Å². The Kier molecular flexibility index (Phi) is 4.99. The van der Waals surface area contributed by atoms with Gasteiger partial charge in [-0.2, -0.15) is 0 Å². The molecule has 0 spiro atoms. The number of carbonyl (C=O) groups excluding carboxylic acids is 1. The van der Waals surface area contributed by atoms with Gasteiger partial charge in [0, 0.05) is 29.3 Å². The molecule has 0 fully saturated rings. The molecule has 0 saturated heterocycles. The van der Waals surface area contributed by atoms with Crippen LogP contribution in [0.15, 0.2) is 58.2 Å². The molecule has 7 nitrogen and oxygen atoms in total. The molecule has 2 aromatic heterocycles. The van der Waals surface area contributed by atoms with Gasteiger partial charge in [-0.25, -0.2) is 15.0 Å². The summed E-state index contributed by atoms with van der Waals surface area (Å²) in [7, 11) is 1.59. The minimum absolute atomic E-state index is 0.0178. The van der Waals surface area contributed by atoms with Crippen LogP contribution in [-0.4, -0.2) is 31.8 Å². The van der Waals surface area contributed by atoms with Gasteiger partial charge in [-0.1, -0.05) is 28.1 Å². The first-order valence-electron chi connectivity index (χ1n) is 7.41. The number of aromatic nitrogens is 4. The maximum Gasteiger partial charge on any atom is 0.255 e. The van der Waals surface area contributed by atoms with E-state index < -0.39 is 0 Å². The van der Waals surface area contributed by atoms with Gasteiger partial charge < -0.3 is 5.32 Å². The Morgan fingerprint density at radius 3 is 2.80 bits per heavy atom. The molecule has 25 heavy (non-hydrogen) atoms. The number of nitrogens with one attached hydrogen (secondary N) is 1. The standard InChI is InChI=1S/C17H14BrN5O2/c1-23-16(25)8-14(13-5-6-19-10-21-13)22-17(23)20-9-15(24)11-3-2-4-12(18)7-11/h2-8,10H,9H2,1H3,(H,20,22). The van der Waals surface area contributed by atoms with Gasteiger partial charge >= 0.3 is 0 Å². The van der Waals surface area contributed by atoms with Crippen molar-refractivity contribution in [1.82, 2.24) is 19.5 Å². The third-order valence-electron chi connectivity index (χ3n) is 3.53. The van der Waals surface area contributed by atoms with Gasteiger partial charge in [-0.3, -0.25) is 14.2 Å². The molecule has 0 saturated carbocycles. The van der Waals surface area contributed by atoms with Crippen molar-refractivity contribution in [2.24, 2.45) is 7.05 Å². The number of Topliss-reactive ketones (excluding diaryl/α,β-unsaturated/α-hetero) is 1. The van der Waals surface area contributed by atoms with E-state index in [1.54, 1.807) is 37.5 Å². The zero-order valence-electron chi connectivity index (χ0n) is 13.3. The van der Waals surface area contributed by atoms with Crippen LogP contribution in [0.2, 0.25) is 0 Å². The van der Waals surface area contributed by atoms with Crippen LogP contribution in [0.3, 0.4) is 0 Å². The van der Waals surface area contributed by atoms with Crippen molar-refractivity contribution in [3.63, 3.8) is 0 Å². The molecule has 0 aliphatic rings. The number of ketones is 1. The molecule has 0 radical (unpaired) electrons.